The molecule has 0 aliphatic heterocycles. The lowest BCUT2D eigenvalue weighted by molar-refractivity contribution is -0.138. The second-order valence-electron chi connectivity index (χ2n) is 2.63. The molecule has 0 aliphatic carbocycles. The van der Waals surface area contributed by atoms with Crippen LogP contribution in [0, 0.1) is 0 Å². The van der Waals surface area contributed by atoms with Gasteiger partial charge in [-0.05, 0) is 12.5 Å². The Bertz CT molecular complexity index is 256. The minimum absolute atomic E-state index is 0.106. The SMILES string of the molecule is C=C(O)/C=C\C(=C)CC(N)C(=O)O. The smallest absolute Gasteiger partial charge is 0.320 e. The molecule has 0 amide bonds. The standard InChI is InChI=1S/C9H13NO3/c1-6(3-4-7(2)11)5-8(10)9(12)13/h3-4,8,11H,1-2,5,10H2,(H,12,13)/b4-3-. The first-order chi connectivity index (χ1) is 5.93. The van der Waals surface area contributed by atoms with Gasteiger partial charge in [-0.3, -0.25) is 4.79 Å². The normalized spacial score (nSPS) is 12.7. The third-order valence-corrected chi connectivity index (χ3v) is 1.31. The largest absolute Gasteiger partial charge is 0.509 e. The number of allylic oxidation sites excluding steroid dienone is 2. The number of aliphatic hydroxyl groups is 1. The molecule has 4 nitrogen and oxygen atoms in total. The van der Waals surface area contributed by atoms with Crippen LogP contribution in [0.2, 0.25) is 0 Å². The number of hydrogen-bond acceptors (Lipinski definition) is 3. The predicted octanol–water partition coefficient (Wildman–Crippen LogP) is 0.972. The van der Waals surface area contributed by atoms with Gasteiger partial charge >= 0.3 is 5.97 Å². The number of hydrogen-bond donors (Lipinski definition) is 3. The van der Waals surface area contributed by atoms with Gasteiger partial charge in [0.1, 0.15) is 11.8 Å². The molecule has 0 bridgehead atoms. The number of nitrogens with two attached hydrogens (primary N) is 1. The van der Waals surface area contributed by atoms with Gasteiger partial charge in [0, 0.05) is 0 Å². The lowest BCUT2D eigenvalue weighted by atomic mass is 10.1. The first-order valence-corrected chi connectivity index (χ1v) is 3.65. The molecule has 0 saturated carbocycles. The fraction of sp³-hybridized carbons (Fsp3) is 0.222. The van der Waals surface area contributed by atoms with Crippen molar-refractivity contribution in [3.63, 3.8) is 0 Å². The molecule has 0 aliphatic rings. The van der Waals surface area contributed by atoms with Crippen molar-refractivity contribution in [3.8, 4) is 0 Å². The monoisotopic (exact) mass is 183 g/mol. The highest BCUT2D eigenvalue weighted by atomic mass is 16.4. The van der Waals surface area contributed by atoms with Gasteiger partial charge in [0.2, 0.25) is 0 Å². The van der Waals surface area contributed by atoms with E-state index in [9.17, 15) is 4.79 Å². The molecule has 4 N–H and O–H groups in total. The van der Waals surface area contributed by atoms with Crippen molar-refractivity contribution in [2.24, 2.45) is 5.73 Å². The average Bonchev–Trinajstić information content (AvgIpc) is 2.00. The summed E-state index contributed by atoms with van der Waals surface area (Å²) >= 11 is 0. The molecule has 0 fully saturated rings. The molecular weight excluding hydrogens is 170 g/mol. The predicted molar refractivity (Wildman–Crippen MR) is 50.3 cm³/mol. The van der Waals surface area contributed by atoms with Crippen molar-refractivity contribution in [1.29, 1.82) is 0 Å². The molecule has 0 aromatic rings. The molecule has 0 heterocycles. The number of carboxylic acid groups (broad SMARTS) is 1. The van der Waals surface area contributed by atoms with Gasteiger partial charge < -0.3 is 15.9 Å². The Kier molecular flexibility index (Phi) is 4.54. The Labute approximate surface area is 76.7 Å². The van der Waals surface area contributed by atoms with Crippen LogP contribution in [0.1, 0.15) is 6.42 Å². The second-order valence-corrected chi connectivity index (χ2v) is 2.63. The second kappa shape index (κ2) is 5.16. The zero-order chi connectivity index (χ0) is 10.4. The maximum absolute atomic E-state index is 10.3. The lowest BCUT2D eigenvalue weighted by Gasteiger charge is -2.04. The van der Waals surface area contributed by atoms with Gasteiger partial charge in [0.05, 0.1) is 0 Å². The van der Waals surface area contributed by atoms with Crippen LogP contribution in [0.5, 0.6) is 0 Å². The van der Waals surface area contributed by atoms with Gasteiger partial charge in [-0.15, -0.1) is 0 Å². The van der Waals surface area contributed by atoms with E-state index in [1.54, 1.807) is 0 Å². The van der Waals surface area contributed by atoms with Crippen LogP contribution >= 0.6 is 0 Å². The van der Waals surface area contributed by atoms with Crippen molar-refractivity contribution in [2.75, 3.05) is 0 Å². The molecule has 0 radical (unpaired) electrons. The Hall–Kier alpha value is -1.55. The molecule has 0 aromatic heterocycles. The molecule has 1 unspecified atom stereocenters. The molecule has 72 valence electrons. The fourth-order valence-electron chi connectivity index (χ4n) is 0.652. The molecule has 1 atom stereocenters. The van der Waals surface area contributed by atoms with Gasteiger partial charge in [-0.25, -0.2) is 0 Å². The van der Waals surface area contributed by atoms with E-state index in [4.69, 9.17) is 15.9 Å². The van der Waals surface area contributed by atoms with Crippen LogP contribution in [0.25, 0.3) is 0 Å². The van der Waals surface area contributed by atoms with E-state index >= 15 is 0 Å². The van der Waals surface area contributed by atoms with Gasteiger partial charge in [0.25, 0.3) is 0 Å². The van der Waals surface area contributed by atoms with E-state index in [0.717, 1.165) is 0 Å². The average molecular weight is 183 g/mol. The Morgan fingerprint density at radius 3 is 2.31 bits per heavy atom. The minimum atomic E-state index is -1.07. The van der Waals surface area contributed by atoms with Crippen LogP contribution in [0.15, 0.2) is 36.6 Å². The Morgan fingerprint density at radius 1 is 1.38 bits per heavy atom. The van der Waals surface area contributed by atoms with E-state index in [1.807, 2.05) is 0 Å². The quantitative estimate of drug-likeness (QED) is 0.438. The van der Waals surface area contributed by atoms with Crippen LogP contribution in [-0.4, -0.2) is 22.2 Å². The zero-order valence-corrected chi connectivity index (χ0v) is 7.23. The van der Waals surface area contributed by atoms with E-state index in [-0.39, 0.29) is 12.2 Å². The lowest BCUT2D eigenvalue weighted by Crippen LogP contribution is -2.30. The van der Waals surface area contributed by atoms with Crippen molar-refractivity contribution in [3.05, 3.63) is 36.6 Å². The molecule has 0 saturated heterocycles. The van der Waals surface area contributed by atoms with Crippen molar-refractivity contribution >= 4 is 5.97 Å². The number of aliphatic hydroxyl groups excluding tert-OH is 1. The maximum Gasteiger partial charge on any atom is 0.320 e. The summed E-state index contributed by atoms with van der Waals surface area (Å²) in [4.78, 5) is 10.3. The Balaban J connectivity index is 4.02. The highest BCUT2D eigenvalue weighted by Crippen LogP contribution is 2.04. The topological polar surface area (TPSA) is 83.5 Å². The summed E-state index contributed by atoms with van der Waals surface area (Å²) in [5, 5.41) is 17.1. The maximum atomic E-state index is 10.3. The van der Waals surface area contributed by atoms with Gasteiger partial charge in [-0.2, -0.15) is 0 Å². The summed E-state index contributed by atoms with van der Waals surface area (Å²) < 4.78 is 0. The molecule has 4 heteroatoms. The third-order valence-electron chi connectivity index (χ3n) is 1.31. The highest BCUT2D eigenvalue weighted by molar-refractivity contribution is 5.73. The van der Waals surface area contributed by atoms with Crippen molar-refractivity contribution in [2.45, 2.75) is 12.5 Å². The summed E-state index contributed by atoms with van der Waals surface area (Å²) in [5.74, 6) is -1.18. The Morgan fingerprint density at radius 2 is 1.92 bits per heavy atom. The molecule has 13 heavy (non-hydrogen) atoms. The number of rotatable bonds is 5. The summed E-state index contributed by atoms with van der Waals surface area (Å²) in [6, 6.07) is -0.955. The summed E-state index contributed by atoms with van der Waals surface area (Å²) in [6.45, 7) is 6.79. The van der Waals surface area contributed by atoms with Crippen LogP contribution in [0.3, 0.4) is 0 Å². The van der Waals surface area contributed by atoms with E-state index in [1.165, 1.54) is 12.2 Å². The number of carboxylic acids is 1. The molecule has 0 rings (SSSR count). The van der Waals surface area contributed by atoms with Gasteiger partial charge in [-0.1, -0.05) is 24.8 Å². The van der Waals surface area contributed by atoms with E-state index < -0.39 is 12.0 Å². The van der Waals surface area contributed by atoms with E-state index in [2.05, 4.69) is 13.2 Å². The first-order valence-electron chi connectivity index (χ1n) is 3.65. The van der Waals surface area contributed by atoms with Crippen LogP contribution in [0.4, 0.5) is 0 Å². The van der Waals surface area contributed by atoms with Crippen LogP contribution in [-0.2, 0) is 4.79 Å². The van der Waals surface area contributed by atoms with Crippen molar-refractivity contribution in [1.82, 2.24) is 0 Å². The fourth-order valence-corrected chi connectivity index (χ4v) is 0.652. The summed E-state index contributed by atoms with van der Waals surface area (Å²) in [6.07, 6.45) is 2.96. The van der Waals surface area contributed by atoms with Crippen LogP contribution < -0.4 is 5.73 Å². The zero-order valence-electron chi connectivity index (χ0n) is 7.23. The number of carbonyl (C=O) groups is 1. The molecule has 0 spiro atoms. The van der Waals surface area contributed by atoms with E-state index in [0.29, 0.717) is 5.57 Å². The summed E-state index contributed by atoms with van der Waals surface area (Å²) in [7, 11) is 0. The van der Waals surface area contributed by atoms with Gasteiger partial charge in [0.15, 0.2) is 0 Å². The third kappa shape index (κ3) is 5.69. The highest BCUT2D eigenvalue weighted by Gasteiger charge is 2.10. The first kappa shape index (κ1) is 11.4. The summed E-state index contributed by atoms with van der Waals surface area (Å²) in [5.41, 5.74) is 5.78. The van der Waals surface area contributed by atoms with Crippen molar-refractivity contribution < 1.29 is 15.0 Å². The molecule has 0 aromatic carbocycles. The number of aliphatic carboxylic acids is 1. The minimum Gasteiger partial charge on any atom is -0.509 e. The molecular formula is C9H13NO3.